The van der Waals surface area contributed by atoms with Gasteiger partial charge < -0.3 is 15.2 Å². The van der Waals surface area contributed by atoms with Crippen LogP contribution in [0, 0.1) is 0 Å². The van der Waals surface area contributed by atoms with Crippen molar-refractivity contribution in [2.75, 3.05) is 19.6 Å². The quantitative estimate of drug-likeness (QED) is 0.578. The van der Waals surface area contributed by atoms with Gasteiger partial charge in [0.15, 0.2) is 6.54 Å². The average Bonchev–Trinajstić information content (AvgIpc) is 3.05. The van der Waals surface area contributed by atoms with Gasteiger partial charge in [-0.25, -0.2) is 0 Å². The van der Waals surface area contributed by atoms with Crippen LogP contribution in [0.4, 0.5) is 0 Å². The molecule has 0 radical (unpaired) electrons. The van der Waals surface area contributed by atoms with Gasteiger partial charge in [0, 0.05) is 29.2 Å². The second-order valence-electron chi connectivity index (χ2n) is 6.40. The number of quaternary nitrogens is 1. The molecule has 2 aromatic carbocycles. The van der Waals surface area contributed by atoms with E-state index in [1.54, 1.807) is 0 Å². The summed E-state index contributed by atoms with van der Waals surface area (Å²) in [4.78, 5) is 16.8. The maximum atomic E-state index is 12.3. The molecule has 0 bridgehead atoms. The Balaban J connectivity index is 1.47. The summed E-state index contributed by atoms with van der Waals surface area (Å²) < 4.78 is 0. The first kappa shape index (κ1) is 17.2. The largest absolute Gasteiger partial charge is 0.361 e. The molecule has 1 atom stereocenters. The van der Waals surface area contributed by atoms with E-state index < -0.39 is 0 Å². The first-order valence-electron chi connectivity index (χ1n) is 8.95. The molecular formula is C21H26N3O+. The van der Waals surface area contributed by atoms with Crippen molar-refractivity contribution in [1.82, 2.24) is 10.3 Å². The molecule has 3 N–H and O–H groups in total. The van der Waals surface area contributed by atoms with Crippen LogP contribution in [-0.2, 0) is 17.8 Å². The van der Waals surface area contributed by atoms with Gasteiger partial charge in [-0.1, -0.05) is 48.5 Å². The van der Waals surface area contributed by atoms with Crippen LogP contribution in [0.1, 0.15) is 18.1 Å². The number of carbonyl (C=O) groups is 1. The van der Waals surface area contributed by atoms with E-state index in [1.807, 2.05) is 36.5 Å². The Hall–Kier alpha value is -2.59. The summed E-state index contributed by atoms with van der Waals surface area (Å²) in [5, 5.41) is 4.30. The molecule has 0 spiro atoms. The van der Waals surface area contributed by atoms with E-state index in [4.69, 9.17) is 0 Å². The lowest BCUT2D eigenvalue weighted by Crippen LogP contribution is -3.11. The maximum absolute atomic E-state index is 12.3. The Morgan fingerprint density at radius 1 is 1.08 bits per heavy atom. The van der Waals surface area contributed by atoms with Gasteiger partial charge in [-0.05, 0) is 25.0 Å². The molecule has 3 rings (SSSR count). The van der Waals surface area contributed by atoms with Crippen molar-refractivity contribution >= 4 is 16.8 Å². The smallest absolute Gasteiger partial charge is 0.275 e. The number of H-pyrrole nitrogens is 1. The van der Waals surface area contributed by atoms with Crippen LogP contribution in [-0.4, -0.2) is 30.5 Å². The Morgan fingerprint density at radius 2 is 1.84 bits per heavy atom. The molecule has 0 aliphatic carbocycles. The third kappa shape index (κ3) is 4.70. The highest BCUT2D eigenvalue weighted by Gasteiger charge is 2.13. The molecule has 25 heavy (non-hydrogen) atoms. The number of fused-ring (bicyclic) bond motifs is 1. The van der Waals surface area contributed by atoms with Gasteiger partial charge in [0.25, 0.3) is 5.91 Å². The first-order chi connectivity index (χ1) is 12.3. The molecule has 0 aliphatic rings. The SMILES string of the molecule is CC[NH+](CC(=O)NCCc1c[nH]c2ccccc12)Cc1ccccc1. The molecule has 1 unspecified atom stereocenters. The minimum Gasteiger partial charge on any atom is -0.361 e. The first-order valence-corrected chi connectivity index (χ1v) is 8.95. The van der Waals surface area contributed by atoms with E-state index in [0.29, 0.717) is 13.1 Å². The number of rotatable bonds is 8. The monoisotopic (exact) mass is 336 g/mol. The molecule has 3 aromatic rings. The van der Waals surface area contributed by atoms with E-state index >= 15 is 0 Å². The lowest BCUT2D eigenvalue weighted by atomic mass is 10.1. The molecule has 0 saturated heterocycles. The van der Waals surface area contributed by atoms with E-state index in [-0.39, 0.29) is 5.91 Å². The van der Waals surface area contributed by atoms with Crippen LogP contribution in [0.15, 0.2) is 60.8 Å². The second kappa shape index (κ2) is 8.49. The fourth-order valence-corrected chi connectivity index (χ4v) is 3.16. The molecule has 0 saturated carbocycles. The minimum absolute atomic E-state index is 0.118. The highest BCUT2D eigenvalue weighted by Crippen LogP contribution is 2.17. The summed E-state index contributed by atoms with van der Waals surface area (Å²) in [5.41, 5.74) is 3.67. The summed E-state index contributed by atoms with van der Waals surface area (Å²) in [5.74, 6) is 0.118. The predicted octanol–water partition coefficient (Wildman–Crippen LogP) is 1.93. The zero-order valence-corrected chi connectivity index (χ0v) is 14.7. The fraction of sp³-hybridized carbons (Fsp3) is 0.286. The van der Waals surface area contributed by atoms with Crippen molar-refractivity contribution in [2.24, 2.45) is 0 Å². The van der Waals surface area contributed by atoms with Crippen molar-refractivity contribution in [3.63, 3.8) is 0 Å². The molecule has 4 heteroatoms. The standard InChI is InChI=1S/C21H25N3O/c1-2-24(15-17-8-4-3-5-9-17)16-21(25)22-13-12-18-14-23-20-11-7-6-10-19(18)20/h3-11,14,23H,2,12-13,15-16H2,1H3,(H,22,25)/p+1. The minimum atomic E-state index is 0.118. The number of aromatic nitrogens is 1. The fourth-order valence-electron chi connectivity index (χ4n) is 3.16. The number of nitrogens with one attached hydrogen (secondary N) is 3. The number of carbonyl (C=O) groups excluding carboxylic acids is 1. The maximum Gasteiger partial charge on any atom is 0.275 e. The lowest BCUT2D eigenvalue weighted by molar-refractivity contribution is -0.904. The zero-order chi connectivity index (χ0) is 17.5. The van der Waals surface area contributed by atoms with Gasteiger partial charge in [0.2, 0.25) is 0 Å². The molecule has 0 aliphatic heterocycles. The van der Waals surface area contributed by atoms with Crippen LogP contribution in [0.5, 0.6) is 0 Å². The van der Waals surface area contributed by atoms with E-state index in [1.165, 1.54) is 21.4 Å². The van der Waals surface area contributed by atoms with Crippen LogP contribution in [0.25, 0.3) is 10.9 Å². The number of para-hydroxylation sites is 1. The number of aromatic amines is 1. The van der Waals surface area contributed by atoms with E-state index in [9.17, 15) is 4.79 Å². The van der Waals surface area contributed by atoms with Crippen LogP contribution >= 0.6 is 0 Å². The highest BCUT2D eigenvalue weighted by molar-refractivity contribution is 5.83. The van der Waals surface area contributed by atoms with Crippen LogP contribution < -0.4 is 10.2 Å². The molecule has 130 valence electrons. The summed E-state index contributed by atoms with van der Waals surface area (Å²) in [7, 11) is 0. The number of hydrogen-bond acceptors (Lipinski definition) is 1. The molecule has 1 aromatic heterocycles. The third-order valence-electron chi connectivity index (χ3n) is 4.60. The second-order valence-corrected chi connectivity index (χ2v) is 6.40. The Kier molecular flexibility index (Phi) is 5.86. The van der Waals surface area contributed by atoms with Crippen LogP contribution in [0.3, 0.4) is 0 Å². The normalized spacial score (nSPS) is 12.2. The predicted molar refractivity (Wildman–Crippen MR) is 102 cm³/mol. The van der Waals surface area contributed by atoms with Crippen molar-refractivity contribution in [2.45, 2.75) is 19.9 Å². The summed E-state index contributed by atoms with van der Waals surface area (Å²) in [6.07, 6.45) is 2.88. The van der Waals surface area contributed by atoms with E-state index in [2.05, 4.69) is 41.5 Å². The van der Waals surface area contributed by atoms with Gasteiger partial charge in [-0.3, -0.25) is 4.79 Å². The van der Waals surface area contributed by atoms with Gasteiger partial charge >= 0.3 is 0 Å². The Morgan fingerprint density at radius 3 is 2.64 bits per heavy atom. The molecule has 4 nitrogen and oxygen atoms in total. The molecule has 1 heterocycles. The van der Waals surface area contributed by atoms with Gasteiger partial charge in [0.1, 0.15) is 6.54 Å². The van der Waals surface area contributed by atoms with Crippen molar-refractivity contribution < 1.29 is 9.69 Å². The lowest BCUT2D eigenvalue weighted by Gasteiger charge is -2.17. The number of hydrogen-bond donors (Lipinski definition) is 3. The summed E-state index contributed by atoms with van der Waals surface area (Å²) in [6.45, 7) is 5.12. The van der Waals surface area contributed by atoms with Crippen molar-refractivity contribution in [3.05, 3.63) is 71.9 Å². The zero-order valence-electron chi connectivity index (χ0n) is 14.7. The number of likely N-dealkylation sites (N-methyl/N-ethyl adjacent to an activating group) is 1. The van der Waals surface area contributed by atoms with Gasteiger partial charge in [-0.15, -0.1) is 0 Å². The highest BCUT2D eigenvalue weighted by atomic mass is 16.2. The Bertz CT molecular complexity index is 810. The summed E-state index contributed by atoms with van der Waals surface area (Å²) in [6, 6.07) is 18.6. The average molecular weight is 336 g/mol. The molecular weight excluding hydrogens is 310 g/mol. The van der Waals surface area contributed by atoms with Crippen molar-refractivity contribution in [1.29, 1.82) is 0 Å². The number of benzene rings is 2. The molecule has 1 amide bonds. The summed E-state index contributed by atoms with van der Waals surface area (Å²) >= 11 is 0. The van der Waals surface area contributed by atoms with E-state index in [0.717, 1.165) is 25.0 Å². The Labute approximate surface area is 148 Å². The van der Waals surface area contributed by atoms with Crippen molar-refractivity contribution in [3.8, 4) is 0 Å². The number of amides is 1. The van der Waals surface area contributed by atoms with Gasteiger partial charge in [-0.2, -0.15) is 0 Å². The molecule has 0 fully saturated rings. The topological polar surface area (TPSA) is 49.3 Å². The van der Waals surface area contributed by atoms with Crippen LogP contribution in [0.2, 0.25) is 0 Å². The van der Waals surface area contributed by atoms with Gasteiger partial charge in [0.05, 0.1) is 6.54 Å². The third-order valence-corrected chi connectivity index (χ3v) is 4.60.